The van der Waals surface area contributed by atoms with Crippen molar-refractivity contribution >= 4 is 11.8 Å². The van der Waals surface area contributed by atoms with Crippen LogP contribution in [0.2, 0.25) is 0 Å². The topological polar surface area (TPSA) is 113 Å². The molecule has 48 heavy (non-hydrogen) atoms. The zero-order valence-corrected chi connectivity index (χ0v) is 28.1. The Balaban J connectivity index is 1.40. The molecule has 0 aromatic heterocycles. The van der Waals surface area contributed by atoms with Crippen molar-refractivity contribution in [1.29, 1.82) is 0 Å². The van der Waals surface area contributed by atoms with Gasteiger partial charge in [0.15, 0.2) is 5.78 Å². The molecule has 7 nitrogen and oxygen atoms in total. The molecular formula is C41H44O7. The van der Waals surface area contributed by atoms with E-state index in [0.29, 0.717) is 11.1 Å². The maximum absolute atomic E-state index is 13.8. The lowest BCUT2D eigenvalue weighted by atomic mass is 9.59. The Morgan fingerprint density at radius 2 is 1.38 bits per heavy atom. The fraction of sp³-hybridized carbons (Fsp3) is 0.415. The Labute approximate surface area is 281 Å². The third-order valence-corrected chi connectivity index (χ3v) is 12.1. The molecule has 0 unspecified atom stereocenters. The van der Waals surface area contributed by atoms with Gasteiger partial charge in [-0.1, -0.05) is 124 Å². The Kier molecular flexibility index (Phi) is 7.53. The molecule has 8 atom stereocenters. The van der Waals surface area contributed by atoms with Gasteiger partial charge in [0.1, 0.15) is 16.8 Å². The van der Waals surface area contributed by atoms with Gasteiger partial charge in [-0.05, 0) is 34.8 Å². The first-order valence-electron chi connectivity index (χ1n) is 16.8. The van der Waals surface area contributed by atoms with Gasteiger partial charge in [0.05, 0.1) is 18.3 Å². The largest absolute Gasteiger partial charge is 0.456 e. The van der Waals surface area contributed by atoms with Crippen LogP contribution in [0.1, 0.15) is 57.7 Å². The van der Waals surface area contributed by atoms with Crippen LogP contribution in [0.15, 0.2) is 114 Å². The molecule has 4 aliphatic rings. The highest BCUT2D eigenvalue weighted by molar-refractivity contribution is 6.04. The number of aliphatic hydroxyl groups excluding tert-OH is 1. The minimum atomic E-state index is -1.95. The highest BCUT2D eigenvalue weighted by atomic mass is 16.6. The summed E-state index contributed by atoms with van der Waals surface area (Å²) in [7, 11) is 0. The van der Waals surface area contributed by atoms with Crippen LogP contribution in [0.25, 0.3) is 0 Å². The highest BCUT2D eigenvalue weighted by Crippen LogP contribution is 2.76. The first kappa shape index (κ1) is 32.7. The average Bonchev–Trinajstić information content (AvgIpc) is 3.51. The quantitative estimate of drug-likeness (QED) is 0.176. The van der Waals surface area contributed by atoms with Crippen LogP contribution in [-0.2, 0) is 24.7 Å². The molecule has 0 bridgehead atoms. The Morgan fingerprint density at radius 1 is 0.875 bits per heavy atom. The van der Waals surface area contributed by atoms with Gasteiger partial charge < -0.3 is 24.8 Å². The number of fused-ring (bicyclic) bond motifs is 5. The summed E-state index contributed by atoms with van der Waals surface area (Å²) in [6.45, 7) is 8.62. The van der Waals surface area contributed by atoms with Gasteiger partial charge in [-0.15, -0.1) is 0 Å². The molecule has 0 heterocycles. The molecule has 0 aliphatic heterocycles. The zero-order valence-electron chi connectivity index (χ0n) is 28.1. The van der Waals surface area contributed by atoms with E-state index in [4.69, 9.17) is 9.47 Å². The van der Waals surface area contributed by atoms with E-state index in [1.165, 1.54) is 6.92 Å². The molecular weight excluding hydrogens is 604 g/mol. The predicted octanol–water partition coefficient (Wildman–Crippen LogP) is 5.52. The van der Waals surface area contributed by atoms with Crippen LogP contribution in [0.4, 0.5) is 0 Å². The van der Waals surface area contributed by atoms with E-state index >= 15 is 0 Å². The van der Waals surface area contributed by atoms with Crippen molar-refractivity contribution in [1.82, 2.24) is 0 Å². The van der Waals surface area contributed by atoms with E-state index in [9.17, 15) is 24.9 Å². The van der Waals surface area contributed by atoms with Crippen LogP contribution in [-0.4, -0.2) is 56.6 Å². The first-order valence-corrected chi connectivity index (χ1v) is 16.8. The predicted molar refractivity (Wildman–Crippen MR) is 180 cm³/mol. The number of carbonyl (C=O) groups excluding carboxylic acids is 2. The van der Waals surface area contributed by atoms with Gasteiger partial charge in [0.25, 0.3) is 0 Å². The van der Waals surface area contributed by atoms with Crippen LogP contribution in [0, 0.1) is 29.1 Å². The number of ketones is 1. The SMILES string of the molecule is CC(=O)O[C@@]12[C@H](O)[C@@H](C)[C@@]3(O)[C@@H](C=C(COC(c4ccccc4)(c4ccccc4)c4ccccc4)C[C@]4(O)C(=O)C(C)=C[C@@H]34)[C@@H]1C2(C)C. The van der Waals surface area contributed by atoms with Gasteiger partial charge in [-0.25, -0.2) is 0 Å². The number of hydrogen-bond donors (Lipinski definition) is 3. The number of ether oxygens (including phenoxy) is 2. The lowest BCUT2D eigenvalue weighted by molar-refractivity contribution is -0.218. The molecule has 3 N–H and O–H groups in total. The van der Waals surface area contributed by atoms with Crippen molar-refractivity contribution in [3.63, 3.8) is 0 Å². The molecule has 2 saturated carbocycles. The molecule has 0 radical (unpaired) electrons. The summed E-state index contributed by atoms with van der Waals surface area (Å²) in [5.74, 6) is -3.94. The number of carbonyl (C=O) groups is 2. The molecule has 3 aromatic rings. The maximum Gasteiger partial charge on any atom is 0.303 e. The van der Waals surface area contributed by atoms with E-state index in [2.05, 4.69) is 0 Å². The Morgan fingerprint density at radius 3 is 1.85 bits per heavy atom. The van der Waals surface area contributed by atoms with E-state index in [-0.39, 0.29) is 13.0 Å². The number of rotatable bonds is 7. The Hall–Kier alpha value is -3.88. The van der Waals surface area contributed by atoms with Gasteiger partial charge >= 0.3 is 5.97 Å². The molecule has 250 valence electrons. The monoisotopic (exact) mass is 648 g/mol. The fourth-order valence-electron chi connectivity index (χ4n) is 9.87. The summed E-state index contributed by atoms with van der Waals surface area (Å²) in [6, 6.07) is 29.9. The van der Waals surface area contributed by atoms with Crippen LogP contribution < -0.4 is 0 Å². The van der Waals surface area contributed by atoms with E-state index in [0.717, 1.165) is 16.7 Å². The first-order chi connectivity index (χ1) is 22.8. The lowest BCUT2D eigenvalue weighted by Gasteiger charge is -2.52. The van der Waals surface area contributed by atoms with Crippen molar-refractivity contribution in [2.24, 2.45) is 29.1 Å². The number of aliphatic hydroxyl groups is 3. The van der Waals surface area contributed by atoms with E-state index in [1.807, 2.05) is 111 Å². The third-order valence-electron chi connectivity index (χ3n) is 12.1. The molecule has 7 rings (SSSR count). The second-order valence-corrected chi connectivity index (χ2v) is 14.9. The zero-order chi connectivity index (χ0) is 34.3. The van der Waals surface area contributed by atoms with Crippen LogP contribution in [0.3, 0.4) is 0 Å². The summed E-state index contributed by atoms with van der Waals surface area (Å²) >= 11 is 0. The highest BCUT2D eigenvalue weighted by Gasteiger charge is 2.86. The normalized spacial score (nSPS) is 34.9. The lowest BCUT2D eigenvalue weighted by Crippen LogP contribution is -2.65. The van der Waals surface area contributed by atoms with Crippen molar-refractivity contribution < 1.29 is 34.4 Å². The third kappa shape index (κ3) is 4.27. The smallest absolute Gasteiger partial charge is 0.303 e. The summed E-state index contributed by atoms with van der Waals surface area (Å²) in [6.07, 6.45) is 2.34. The van der Waals surface area contributed by atoms with Crippen LogP contribution >= 0.6 is 0 Å². The summed E-state index contributed by atoms with van der Waals surface area (Å²) in [5.41, 5.74) is -2.92. The van der Waals surface area contributed by atoms with Gasteiger partial charge in [0, 0.05) is 42.4 Å². The molecule has 4 aliphatic carbocycles. The number of hydrogen-bond acceptors (Lipinski definition) is 7. The van der Waals surface area contributed by atoms with Gasteiger partial charge in [-0.2, -0.15) is 0 Å². The molecule has 0 saturated heterocycles. The van der Waals surface area contributed by atoms with Crippen molar-refractivity contribution in [2.45, 2.75) is 69.5 Å². The van der Waals surface area contributed by atoms with E-state index < -0.39 is 69.3 Å². The molecule has 0 spiro atoms. The number of benzene rings is 3. The van der Waals surface area contributed by atoms with Gasteiger partial charge in [0.2, 0.25) is 0 Å². The minimum absolute atomic E-state index is 0.0251. The summed E-state index contributed by atoms with van der Waals surface area (Å²) < 4.78 is 13.1. The summed E-state index contributed by atoms with van der Waals surface area (Å²) in [5, 5.41) is 37.1. The van der Waals surface area contributed by atoms with Crippen molar-refractivity contribution in [2.75, 3.05) is 6.61 Å². The minimum Gasteiger partial charge on any atom is -0.456 e. The second-order valence-electron chi connectivity index (χ2n) is 14.9. The Bertz CT molecular complexity index is 1700. The number of esters is 1. The van der Waals surface area contributed by atoms with Crippen LogP contribution in [0.5, 0.6) is 0 Å². The molecule has 7 heteroatoms. The number of Topliss-reactive ketones (excluding diaryl/α,β-unsaturated/α-hetero) is 1. The molecule has 2 fully saturated rings. The average molecular weight is 649 g/mol. The van der Waals surface area contributed by atoms with Gasteiger partial charge in [-0.3, -0.25) is 9.59 Å². The maximum atomic E-state index is 13.8. The second kappa shape index (κ2) is 11.1. The van der Waals surface area contributed by atoms with Crippen molar-refractivity contribution in [3.05, 3.63) is 131 Å². The van der Waals surface area contributed by atoms with E-state index in [1.54, 1.807) is 19.9 Å². The molecule has 3 aromatic carbocycles. The molecule has 0 amide bonds. The summed E-state index contributed by atoms with van der Waals surface area (Å²) in [4.78, 5) is 26.3. The fourth-order valence-corrected chi connectivity index (χ4v) is 9.87. The van der Waals surface area contributed by atoms with Crippen molar-refractivity contribution in [3.8, 4) is 0 Å². The standard InChI is InChI=1S/C41H44O7/c1-25-21-33-38(45,35(25)43)23-28(22-32-34-37(4,5)41(34,48-27(3)42)36(44)26(2)39(32,33)46)24-47-40(29-15-9-6-10-16-29,30-17-11-7-12-18-30)31-19-13-8-14-20-31/h6-22,26,32-34,36,44-46H,23-24H2,1-5H3/t26-,32+,33-,34-,36-,38-,39-,41-/m1/s1.